The monoisotopic (exact) mass is 311 g/mol. The van der Waals surface area contributed by atoms with Crippen molar-refractivity contribution in [3.63, 3.8) is 0 Å². The molecule has 1 aromatic carbocycles. The van der Waals surface area contributed by atoms with E-state index in [-0.39, 0.29) is 11.3 Å². The molecular formula is C14H19N2O4S-. The van der Waals surface area contributed by atoms with E-state index >= 15 is 0 Å². The summed E-state index contributed by atoms with van der Waals surface area (Å²) in [5, 5.41) is 14.5. The average Bonchev–Trinajstić information content (AvgIpc) is 2.35. The third-order valence-corrected chi connectivity index (χ3v) is 4.45. The summed E-state index contributed by atoms with van der Waals surface area (Å²) < 4.78 is 24.1. The van der Waals surface area contributed by atoms with Crippen molar-refractivity contribution in [3.05, 3.63) is 29.8 Å². The third kappa shape index (κ3) is 4.86. The lowest BCUT2D eigenvalue weighted by molar-refractivity contribution is -0.307. The fraction of sp³-hybridized carbons (Fsp3) is 0.429. The fourth-order valence-corrected chi connectivity index (χ4v) is 2.40. The first kappa shape index (κ1) is 17.2. The van der Waals surface area contributed by atoms with Crippen molar-refractivity contribution in [2.75, 3.05) is 0 Å². The highest BCUT2D eigenvalue weighted by molar-refractivity contribution is 7.89. The number of nitrogens with zero attached hydrogens (tertiary/aromatic N) is 1. The number of nitrogens with one attached hydrogen (secondary N) is 1. The molecule has 0 radical (unpaired) electrons. The zero-order valence-corrected chi connectivity index (χ0v) is 13.3. The smallest absolute Gasteiger partial charge is 0.276 e. The highest BCUT2D eigenvalue weighted by Gasteiger charge is 2.23. The van der Waals surface area contributed by atoms with Gasteiger partial charge < -0.3 is 9.90 Å². The van der Waals surface area contributed by atoms with Crippen LogP contribution in [0.2, 0.25) is 0 Å². The second kappa shape index (κ2) is 6.26. The minimum atomic E-state index is -3.76. The van der Waals surface area contributed by atoms with Crippen molar-refractivity contribution >= 4 is 21.7 Å². The first-order chi connectivity index (χ1) is 9.54. The molecule has 0 aliphatic carbocycles. The van der Waals surface area contributed by atoms with Gasteiger partial charge in [-0.15, -0.1) is 0 Å². The second-order valence-corrected chi connectivity index (χ2v) is 7.20. The van der Waals surface area contributed by atoms with E-state index < -0.39 is 21.4 Å². The summed E-state index contributed by atoms with van der Waals surface area (Å²) in [6.45, 7) is 6.73. The predicted molar refractivity (Wildman–Crippen MR) is 78.0 cm³/mol. The van der Waals surface area contributed by atoms with Crippen LogP contribution in [0, 0.1) is 12.3 Å². The number of carboxylic acids is 1. The van der Waals surface area contributed by atoms with Crippen LogP contribution in [0.1, 0.15) is 32.8 Å². The average molecular weight is 311 g/mol. The Balaban J connectivity index is 2.92. The maximum Gasteiger partial charge on any atom is 0.276 e. The molecule has 1 aromatic rings. The number of aryl methyl sites for hydroxylation is 1. The van der Waals surface area contributed by atoms with Crippen molar-refractivity contribution in [1.82, 2.24) is 4.83 Å². The molecule has 0 saturated heterocycles. The standard InChI is InChI=1S/C14H20N2O4S/c1-10-5-7-12(8-6-10)21(19,20)16-15-11(2)14(3,4)9-13(17)18/h5-8,16H,9H2,1-4H3,(H,17,18)/p-1/b15-11+. The van der Waals surface area contributed by atoms with Gasteiger partial charge in [0.05, 0.1) is 4.90 Å². The Hall–Kier alpha value is -1.89. The lowest BCUT2D eigenvalue weighted by Gasteiger charge is -2.24. The Bertz CT molecular complexity index is 646. The van der Waals surface area contributed by atoms with E-state index in [1.54, 1.807) is 32.9 Å². The first-order valence-corrected chi connectivity index (χ1v) is 7.86. The van der Waals surface area contributed by atoms with Crippen molar-refractivity contribution < 1.29 is 18.3 Å². The number of carbonyl (C=O) groups excluding carboxylic acids is 1. The zero-order valence-electron chi connectivity index (χ0n) is 12.5. The molecule has 1 rings (SSSR count). The number of carbonyl (C=O) groups is 1. The molecule has 6 nitrogen and oxygen atoms in total. The van der Waals surface area contributed by atoms with Gasteiger partial charge in [-0.1, -0.05) is 31.5 Å². The molecule has 0 unspecified atom stereocenters. The zero-order chi connectivity index (χ0) is 16.3. The maximum absolute atomic E-state index is 12.1. The van der Waals surface area contributed by atoms with Gasteiger partial charge in [-0.3, -0.25) is 0 Å². The summed E-state index contributed by atoms with van der Waals surface area (Å²) in [6, 6.07) is 6.33. The third-order valence-electron chi connectivity index (χ3n) is 3.23. The van der Waals surface area contributed by atoms with Crippen LogP contribution in [-0.2, 0) is 14.8 Å². The fourth-order valence-electron chi connectivity index (χ4n) is 1.54. The summed E-state index contributed by atoms with van der Waals surface area (Å²) in [5.74, 6) is -1.21. The van der Waals surface area contributed by atoms with Crippen LogP contribution in [0.15, 0.2) is 34.3 Å². The number of carboxylic acid groups (broad SMARTS) is 1. The Labute approximate surface area is 124 Å². The molecule has 1 N–H and O–H groups in total. The summed E-state index contributed by atoms with van der Waals surface area (Å²) in [4.78, 5) is 12.9. The normalized spacial score (nSPS) is 13.0. The van der Waals surface area contributed by atoms with Gasteiger partial charge in [-0.2, -0.15) is 13.5 Å². The number of hydrazone groups is 1. The molecule has 0 aliphatic rings. The molecule has 0 fully saturated rings. The lowest BCUT2D eigenvalue weighted by atomic mass is 9.85. The van der Waals surface area contributed by atoms with Crippen LogP contribution in [0.25, 0.3) is 0 Å². The van der Waals surface area contributed by atoms with E-state index in [4.69, 9.17) is 0 Å². The molecule has 21 heavy (non-hydrogen) atoms. The highest BCUT2D eigenvalue weighted by Crippen LogP contribution is 2.22. The van der Waals surface area contributed by atoms with Gasteiger partial charge in [0.25, 0.3) is 10.0 Å². The van der Waals surface area contributed by atoms with Gasteiger partial charge >= 0.3 is 0 Å². The van der Waals surface area contributed by atoms with Gasteiger partial charge in [-0.25, -0.2) is 4.83 Å². The van der Waals surface area contributed by atoms with E-state index in [2.05, 4.69) is 9.93 Å². The maximum atomic E-state index is 12.1. The van der Waals surface area contributed by atoms with Crippen LogP contribution in [0.3, 0.4) is 0 Å². The minimum absolute atomic E-state index is 0.0994. The van der Waals surface area contributed by atoms with E-state index in [9.17, 15) is 18.3 Å². The van der Waals surface area contributed by atoms with Crippen LogP contribution in [0.5, 0.6) is 0 Å². The van der Waals surface area contributed by atoms with Crippen LogP contribution in [-0.4, -0.2) is 20.1 Å². The van der Waals surface area contributed by atoms with Gasteiger partial charge in [0.1, 0.15) is 0 Å². The summed E-state index contributed by atoms with van der Waals surface area (Å²) in [5.41, 5.74) is 0.514. The van der Waals surface area contributed by atoms with Crippen molar-refractivity contribution in [2.24, 2.45) is 10.5 Å². The highest BCUT2D eigenvalue weighted by atomic mass is 32.2. The minimum Gasteiger partial charge on any atom is -0.550 e. The Morgan fingerprint density at radius 3 is 2.29 bits per heavy atom. The first-order valence-electron chi connectivity index (χ1n) is 6.38. The molecule has 0 atom stereocenters. The van der Waals surface area contributed by atoms with E-state index in [0.717, 1.165) is 5.56 Å². The van der Waals surface area contributed by atoms with Crippen LogP contribution in [0.4, 0.5) is 0 Å². The molecule has 116 valence electrons. The Morgan fingerprint density at radius 2 is 1.81 bits per heavy atom. The largest absolute Gasteiger partial charge is 0.550 e. The summed E-state index contributed by atoms with van der Waals surface area (Å²) in [7, 11) is -3.76. The molecule has 0 bridgehead atoms. The van der Waals surface area contributed by atoms with E-state index in [0.29, 0.717) is 5.71 Å². The SMILES string of the molecule is C/C(=N\NS(=O)(=O)c1ccc(C)cc1)C(C)(C)CC(=O)[O-]. The second-order valence-electron chi connectivity index (χ2n) is 5.54. The van der Waals surface area contributed by atoms with Crippen LogP contribution < -0.4 is 9.94 Å². The number of aliphatic carboxylic acids is 1. The number of rotatable bonds is 6. The van der Waals surface area contributed by atoms with Crippen molar-refractivity contribution in [1.29, 1.82) is 0 Å². The van der Waals surface area contributed by atoms with E-state index in [1.807, 2.05) is 6.92 Å². The van der Waals surface area contributed by atoms with E-state index in [1.165, 1.54) is 12.1 Å². The van der Waals surface area contributed by atoms with Gasteiger partial charge in [0.15, 0.2) is 0 Å². The molecule has 0 amide bonds. The van der Waals surface area contributed by atoms with Gasteiger partial charge in [0.2, 0.25) is 0 Å². The topological polar surface area (TPSA) is 98.7 Å². The van der Waals surface area contributed by atoms with Crippen LogP contribution >= 0.6 is 0 Å². The summed E-state index contributed by atoms with van der Waals surface area (Å²) >= 11 is 0. The number of hydrogen-bond donors (Lipinski definition) is 1. The number of sulfonamides is 1. The molecule has 0 spiro atoms. The van der Waals surface area contributed by atoms with Gasteiger partial charge in [0, 0.05) is 17.1 Å². The predicted octanol–water partition coefficient (Wildman–Crippen LogP) is 0.815. The number of hydrogen-bond acceptors (Lipinski definition) is 5. The van der Waals surface area contributed by atoms with Crippen molar-refractivity contribution in [3.8, 4) is 0 Å². The Kier molecular flexibility index (Phi) is 5.11. The summed E-state index contributed by atoms with van der Waals surface area (Å²) in [6.07, 6.45) is -0.241. The molecule has 7 heteroatoms. The molecule has 0 aromatic heterocycles. The lowest BCUT2D eigenvalue weighted by Crippen LogP contribution is -2.34. The molecule has 0 aliphatic heterocycles. The Morgan fingerprint density at radius 1 is 1.29 bits per heavy atom. The van der Waals surface area contributed by atoms with Crippen molar-refractivity contribution in [2.45, 2.75) is 39.0 Å². The quantitative estimate of drug-likeness (QED) is 0.621. The molecular weight excluding hydrogens is 292 g/mol. The molecule has 0 saturated carbocycles. The van der Waals surface area contributed by atoms with Gasteiger partial charge in [-0.05, 0) is 32.4 Å². The molecule has 0 heterocycles. The number of benzene rings is 1.